The molecule has 6 nitrogen and oxygen atoms in total. The number of carbonyl (C=O) groups excluding carboxylic acids is 1. The Bertz CT molecular complexity index is 647. The van der Waals surface area contributed by atoms with E-state index in [1.165, 1.54) is 6.20 Å². The normalized spacial score (nSPS) is 10.1. The van der Waals surface area contributed by atoms with Crippen molar-refractivity contribution in [3.63, 3.8) is 0 Å². The van der Waals surface area contributed by atoms with Crippen LogP contribution in [0, 0.1) is 0 Å². The summed E-state index contributed by atoms with van der Waals surface area (Å²) in [5, 5.41) is 2.74. The number of hydrogen-bond donors (Lipinski definition) is 1. The average Bonchev–Trinajstić information content (AvgIpc) is 2.51. The molecule has 1 amide bonds. The minimum atomic E-state index is -0.263. The van der Waals surface area contributed by atoms with Crippen molar-refractivity contribution in [2.75, 3.05) is 18.5 Å². The molecule has 116 valence electrons. The van der Waals surface area contributed by atoms with Gasteiger partial charge in [-0.05, 0) is 38.1 Å². The molecular formula is C15H16BrN3O3. The summed E-state index contributed by atoms with van der Waals surface area (Å²) in [7, 11) is 0. The van der Waals surface area contributed by atoms with Crippen molar-refractivity contribution < 1.29 is 14.3 Å². The van der Waals surface area contributed by atoms with Gasteiger partial charge in [-0.15, -0.1) is 0 Å². The number of nitrogens with zero attached hydrogens (tertiary/aromatic N) is 2. The summed E-state index contributed by atoms with van der Waals surface area (Å²) in [5.41, 5.74) is 0.928. The van der Waals surface area contributed by atoms with Crippen LogP contribution in [0.3, 0.4) is 0 Å². The Morgan fingerprint density at radius 2 is 1.86 bits per heavy atom. The molecule has 22 heavy (non-hydrogen) atoms. The molecule has 0 bridgehead atoms. The van der Waals surface area contributed by atoms with Gasteiger partial charge in [-0.25, -0.2) is 4.98 Å². The summed E-state index contributed by atoms with van der Waals surface area (Å²) in [6.07, 6.45) is 1.47. The maximum atomic E-state index is 12.2. The van der Waals surface area contributed by atoms with Crippen LogP contribution in [0.2, 0.25) is 0 Å². The van der Waals surface area contributed by atoms with Crippen LogP contribution in [-0.4, -0.2) is 29.1 Å². The Kier molecular flexibility index (Phi) is 5.71. The summed E-state index contributed by atoms with van der Waals surface area (Å²) < 4.78 is 11.6. The van der Waals surface area contributed by atoms with Crippen molar-refractivity contribution in [3.8, 4) is 11.9 Å². The van der Waals surface area contributed by atoms with E-state index in [9.17, 15) is 4.79 Å². The predicted octanol–water partition coefficient (Wildman–Crippen LogP) is 3.29. The number of hydrogen-bond acceptors (Lipinski definition) is 5. The molecule has 1 N–H and O–H groups in total. The molecule has 0 spiro atoms. The topological polar surface area (TPSA) is 73.3 Å². The molecular weight excluding hydrogens is 350 g/mol. The number of ether oxygens (including phenoxy) is 2. The van der Waals surface area contributed by atoms with E-state index in [-0.39, 0.29) is 17.8 Å². The smallest absolute Gasteiger partial charge is 0.319 e. The second kappa shape index (κ2) is 7.74. The van der Waals surface area contributed by atoms with Gasteiger partial charge in [-0.2, -0.15) is 4.98 Å². The van der Waals surface area contributed by atoms with Crippen molar-refractivity contribution in [1.82, 2.24) is 9.97 Å². The van der Waals surface area contributed by atoms with Gasteiger partial charge >= 0.3 is 6.01 Å². The summed E-state index contributed by atoms with van der Waals surface area (Å²) in [6, 6.07) is 7.25. The minimum Gasteiger partial charge on any atom is -0.476 e. The second-order valence-corrected chi connectivity index (χ2v) is 5.11. The maximum Gasteiger partial charge on any atom is 0.319 e. The van der Waals surface area contributed by atoms with Crippen molar-refractivity contribution in [2.45, 2.75) is 13.8 Å². The number of rotatable bonds is 6. The molecule has 0 radical (unpaired) electrons. The third-order valence-corrected chi connectivity index (χ3v) is 3.17. The molecule has 0 saturated carbocycles. The van der Waals surface area contributed by atoms with Crippen molar-refractivity contribution >= 4 is 27.5 Å². The summed E-state index contributed by atoms with van der Waals surface area (Å²) in [6.45, 7) is 4.55. The van der Waals surface area contributed by atoms with Crippen molar-refractivity contribution in [3.05, 3.63) is 40.5 Å². The standard InChI is InChI=1S/C15H16BrN3O3/c1-3-21-14-12(9-17-15(19-14)22-4-2)18-13(20)10-5-7-11(16)8-6-10/h5-9H,3-4H2,1-2H3,(H,18,20). The molecule has 1 aromatic carbocycles. The zero-order chi connectivity index (χ0) is 15.9. The number of benzene rings is 1. The van der Waals surface area contributed by atoms with Gasteiger partial charge < -0.3 is 14.8 Å². The molecule has 0 atom stereocenters. The van der Waals surface area contributed by atoms with Crippen LogP contribution in [-0.2, 0) is 0 Å². The third-order valence-electron chi connectivity index (χ3n) is 2.64. The third kappa shape index (κ3) is 4.17. The molecule has 0 unspecified atom stereocenters. The zero-order valence-electron chi connectivity index (χ0n) is 12.3. The lowest BCUT2D eigenvalue weighted by Gasteiger charge is -2.11. The van der Waals surface area contributed by atoms with Gasteiger partial charge in [0.2, 0.25) is 5.88 Å². The van der Waals surface area contributed by atoms with E-state index in [1.54, 1.807) is 24.3 Å². The molecule has 1 heterocycles. The Morgan fingerprint density at radius 1 is 1.18 bits per heavy atom. The summed E-state index contributed by atoms with van der Waals surface area (Å²) in [4.78, 5) is 20.4. The molecule has 2 rings (SSSR count). The molecule has 2 aromatic rings. The van der Waals surface area contributed by atoms with Gasteiger partial charge in [0, 0.05) is 10.0 Å². The number of halogens is 1. The number of amides is 1. The molecule has 0 saturated heterocycles. The largest absolute Gasteiger partial charge is 0.476 e. The zero-order valence-corrected chi connectivity index (χ0v) is 13.9. The van der Waals surface area contributed by atoms with Gasteiger partial charge in [0.25, 0.3) is 5.91 Å². The highest BCUT2D eigenvalue weighted by Crippen LogP contribution is 2.24. The molecule has 0 aliphatic carbocycles. The van der Waals surface area contributed by atoms with Crippen LogP contribution in [0.15, 0.2) is 34.9 Å². The van der Waals surface area contributed by atoms with Crippen LogP contribution < -0.4 is 14.8 Å². The van der Waals surface area contributed by atoms with Gasteiger partial charge in [0.05, 0.1) is 19.4 Å². The van der Waals surface area contributed by atoms with Crippen molar-refractivity contribution in [1.29, 1.82) is 0 Å². The van der Waals surface area contributed by atoms with Gasteiger partial charge in [-0.1, -0.05) is 15.9 Å². The first-order valence-electron chi connectivity index (χ1n) is 6.83. The average molecular weight is 366 g/mol. The fourth-order valence-electron chi connectivity index (χ4n) is 1.68. The molecule has 0 aliphatic rings. The first-order valence-corrected chi connectivity index (χ1v) is 7.62. The van der Waals surface area contributed by atoms with E-state index < -0.39 is 0 Å². The molecule has 0 aliphatic heterocycles. The van der Waals surface area contributed by atoms with E-state index in [0.29, 0.717) is 24.5 Å². The van der Waals surface area contributed by atoms with E-state index >= 15 is 0 Å². The van der Waals surface area contributed by atoms with Crippen molar-refractivity contribution in [2.24, 2.45) is 0 Å². The number of aromatic nitrogens is 2. The molecule has 1 aromatic heterocycles. The van der Waals surface area contributed by atoms with Crippen LogP contribution in [0.5, 0.6) is 11.9 Å². The lowest BCUT2D eigenvalue weighted by atomic mass is 10.2. The Hall–Kier alpha value is -2.15. The Balaban J connectivity index is 2.20. The van der Waals surface area contributed by atoms with E-state index in [4.69, 9.17) is 9.47 Å². The minimum absolute atomic E-state index is 0.215. The van der Waals surface area contributed by atoms with E-state index in [2.05, 4.69) is 31.2 Å². The fraction of sp³-hybridized carbons (Fsp3) is 0.267. The van der Waals surface area contributed by atoms with Gasteiger partial charge in [-0.3, -0.25) is 4.79 Å². The number of nitrogens with one attached hydrogen (secondary N) is 1. The Labute approximate surface area is 137 Å². The number of anilines is 1. The molecule has 0 fully saturated rings. The predicted molar refractivity (Wildman–Crippen MR) is 86.5 cm³/mol. The molecule has 7 heteroatoms. The van der Waals surface area contributed by atoms with Crippen LogP contribution >= 0.6 is 15.9 Å². The first-order chi connectivity index (χ1) is 10.6. The highest BCUT2D eigenvalue weighted by Gasteiger charge is 2.13. The van der Waals surface area contributed by atoms with Gasteiger partial charge in [0.1, 0.15) is 5.69 Å². The SMILES string of the molecule is CCOc1ncc(NC(=O)c2ccc(Br)cc2)c(OCC)n1. The number of carbonyl (C=O) groups is 1. The highest BCUT2D eigenvalue weighted by atomic mass is 79.9. The Morgan fingerprint density at radius 3 is 2.50 bits per heavy atom. The van der Waals surface area contributed by atoms with Gasteiger partial charge in [0.15, 0.2) is 0 Å². The summed E-state index contributed by atoms with van der Waals surface area (Å²) in [5.74, 6) is 0.0209. The summed E-state index contributed by atoms with van der Waals surface area (Å²) >= 11 is 3.33. The van der Waals surface area contributed by atoms with Crippen LogP contribution in [0.1, 0.15) is 24.2 Å². The maximum absolute atomic E-state index is 12.2. The quantitative estimate of drug-likeness (QED) is 0.849. The first kappa shape index (κ1) is 16.2. The monoisotopic (exact) mass is 365 g/mol. The van der Waals surface area contributed by atoms with Crippen LogP contribution in [0.4, 0.5) is 5.69 Å². The van der Waals surface area contributed by atoms with E-state index in [1.807, 2.05) is 13.8 Å². The second-order valence-electron chi connectivity index (χ2n) is 4.20. The van der Waals surface area contributed by atoms with E-state index in [0.717, 1.165) is 4.47 Å². The highest BCUT2D eigenvalue weighted by molar-refractivity contribution is 9.10. The van der Waals surface area contributed by atoms with Crippen LogP contribution in [0.25, 0.3) is 0 Å². The lowest BCUT2D eigenvalue weighted by Crippen LogP contribution is -2.14. The fourth-order valence-corrected chi connectivity index (χ4v) is 1.94. The lowest BCUT2D eigenvalue weighted by molar-refractivity contribution is 0.102.